The fourth-order valence-electron chi connectivity index (χ4n) is 2.00. The molecule has 104 valence electrons. The minimum absolute atomic E-state index is 0.0400. The van der Waals surface area contributed by atoms with Gasteiger partial charge in [-0.1, -0.05) is 27.5 Å². The molecule has 1 aromatic heterocycles. The fourth-order valence-corrected chi connectivity index (χ4v) is 2.48. The van der Waals surface area contributed by atoms with Crippen LogP contribution in [0.1, 0.15) is 0 Å². The van der Waals surface area contributed by atoms with Gasteiger partial charge >= 0.3 is 0 Å². The first-order valence-electron chi connectivity index (χ1n) is 6.08. The quantitative estimate of drug-likeness (QED) is 0.650. The molecule has 0 aliphatic heterocycles. The van der Waals surface area contributed by atoms with Crippen LogP contribution in [0.3, 0.4) is 0 Å². The monoisotopic (exact) mass is 362 g/mol. The van der Waals surface area contributed by atoms with Crippen LogP contribution in [0, 0.1) is 0 Å². The van der Waals surface area contributed by atoms with E-state index in [1.54, 1.807) is 36.4 Å². The second kappa shape index (κ2) is 5.47. The molecule has 0 unspecified atom stereocenters. The molecule has 0 spiro atoms. The molecule has 5 heteroatoms. The summed E-state index contributed by atoms with van der Waals surface area (Å²) in [6, 6.07) is 12.7. The zero-order valence-corrected chi connectivity index (χ0v) is 12.9. The summed E-state index contributed by atoms with van der Waals surface area (Å²) in [5.74, 6) is 0.337. The number of rotatable bonds is 1. The normalized spacial score (nSPS) is 10.8. The van der Waals surface area contributed by atoms with Crippen LogP contribution < -0.4 is 10.9 Å². The molecule has 2 aromatic carbocycles. The van der Waals surface area contributed by atoms with Gasteiger partial charge in [0.15, 0.2) is 11.0 Å². The average Bonchev–Trinajstić information content (AvgIpc) is 2.60. The van der Waals surface area contributed by atoms with Crippen molar-refractivity contribution < 1.29 is 4.42 Å². The third kappa shape index (κ3) is 2.77. The molecule has 0 saturated carbocycles. The van der Waals surface area contributed by atoms with E-state index in [1.807, 2.05) is 0 Å². The van der Waals surface area contributed by atoms with Gasteiger partial charge in [0.2, 0.25) is 5.43 Å². The molecule has 0 radical (unpaired) electrons. The van der Waals surface area contributed by atoms with Gasteiger partial charge in [0.1, 0.15) is 5.76 Å². The summed E-state index contributed by atoms with van der Waals surface area (Å²) < 4.78 is 6.28. The molecule has 0 aliphatic carbocycles. The maximum atomic E-state index is 12.2. The molecular weight excluding hydrogens is 356 g/mol. The molecule has 0 amide bonds. The van der Waals surface area contributed by atoms with E-state index in [9.17, 15) is 9.59 Å². The van der Waals surface area contributed by atoms with Crippen molar-refractivity contribution in [3.05, 3.63) is 78.5 Å². The zero-order valence-electron chi connectivity index (χ0n) is 10.6. The van der Waals surface area contributed by atoms with Gasteiger partial charge in [-0.05, 0) is 42.5 Å². The van der Waals surface area contributed by atoms with Crippen molar-refractivity contribution in [2.24, 2.45) is 0 Å². The second-order valence-electron chi connectivity index (χ2n) is 4.45. The van der Waals surface area contributed by atoms with Crippen LogP contribution in [0.2, 0.25) is 5.02 Å². The van der Waals surface area contributed by atoms with E-state index in [-0.39, 0.29) is 21.8 Å². The van der Waals surface area contributed by atoms with Crippen molar-refractivity contribution in [2.75, 3.05) is 0 Å². The number of halogens is 2. The van der Waals surface area contributed by atoms with Crippen LogP contribution in [-0.4, -0.2) is 0 Å². The van der Waals surface area contributed by atoms with Gasteiger partial charge < -0.3 is 4.42 Å². The molecule has 0 aliphatic rings. The Balaban J connectivity index is 2.36. The summed E-state index contributed by atoms with van der Waals surface area (Å²) in [6.45, 7) is 0. The van der Waals surface area contributed by atoms with E-state index >= 15 is 0 Å². The first-order chi connectivity index (χ1) is 10.0. The average molecular weight is 364 g/mol. The van der Waals surface area contributed by atoms with Crippen LogP contribution >= 0.6 is 27.5 Å². The van der Waals surface area contributed by atoms with Gasteiger partial charge in [0, 0.05) is 21.1 Å². The summed E-state index contributed by atoms with van der Waals surface area (Å²) >= 11 is 9.11. The Bertz CT molecular complexity index is 946. The van der Waals surface area contributed by atoms with Crippen molar-refractivity contribution in [1.29, 1.82) is 0 Å². The van der Waals surface area contributed by atoms with Crippen LogP contribution in [0.25, 0.3) is 22.3 Å². The minimum Gasteiger partial charge on any atom is -0.452 e. The van der Waals surface area contributed by atoms with E-state index in [0.29, 0.717) is 20.8 Å². The highest BCUT2D eigenvalue weighted by Crippen LogP contribution is 2.23. The molecule has 0 fully saturated rings. The fraction of sp³-hybridized carbons (Fsp3) is 0. The maximum Gasteiger partial charge on any atom is 0.221 e. The summed E-state index contributed by atoms with van der Waals surface area (Å²) in [7, 11) is 0. The SMILES string of the molecule is O=c1cc(-c2ccc(Cl)cc2)oc2c(=O)ccc(Br)cc12. The van der Waals surface area contributed by atoms with E-state index in [1.165, 1.54) is 12.1 Å². The Morgan fingerprint density at radius 2 is 1.62 bits per heavy atom. The third-order valence-electron chi connectivity index (χ3n) is 3.01. The Kier molecular flexibility index (Phi) is 3.66. The summed E-state index contributed by atoms with van der Waals surface area (Å²) in [5.41, 5.74) is 0.111. The molecule has 0 bridgehead atoms. The van der Waals surface area contributed by atoms with Gasteiger partial charge in [-0.15, -0.1) is 0 Å². The minimum atomic E-state index is -0.344. The molecule has 1 heterocycles. The summed E-state index contributed by atoms with van der Waals surface area (Å²) in [4.78, 5) is 24.3. The second-order valence-corrected chi connectivity index (χ2v) is 5.80. The number of hydrogen-bond acceptors (Lipinski definition) is 3. The largest absolute Gasteiger partial charge is 0.452 e. The topological polar surface area (TPSA) is 47.3 Å². The third-order valence-corrected chi connectivity index (χ3v) is 3.76. The summed E-state index contributed by atoms with van der Waals surface area (Å²) in [5, 5.41) is 0.830. The molecule has 3 aromatic rings. The van der Waals surface area contributed by atoms with Crippen molar-refractivity contribution in [2.45, 2.75) is 0 Å². The summed E-state index contributed by atoms with van der Waals surface area (Å²) in [6.07, 6.45) is 0. The van der Waals surface area contributed by atoms with Gasteiger partial charge in [-0.25, -0.2) is 0 Å². The highest BCUT2D eigenvalue weighted by atomic mass is 79.9. The zero-order chi connectivity index (χ0) is 15.0. The number of benzene rings is 1. The Labute approximate surface area is 132 Å². The molecule has 3 rings (SSSR count). The van der Waals surface area contributed by atoms with Crippen molar-refractivity contribution in [3.63, 3.8) is 0 Å². The van der Waals surface area contributed by atoms with Crippen molar-refractivity contribution in [1.82, 2.24) is 0 Å². The van der Waals surface area contributed by atoms with E-state index in [4.69, 9.17) is 16.0 Å². The predicted octanol–water partition coefficient (Wildman–Crippen LogP) is 4.24. The number of hydrogen-bond donors (Lipinski definition) is 0. The van der Waals surface area contributed by atoms with Gasteiger partial charge in [0.05, 0.1) is 5.39 Å². The molecule has 0 saturated heterocycles. The molecule has 0 N–H and O–H groups in total. The van der Waals surface area contributed by atoms with Crippen LogP contribution in [0.15, 0.2) is 67.0 Å². The lowest BCUT2D eigenvalue weighted by Crippen LogP contribution is -2.05. The first kappa shape index (κ1) is 14.0. The Hall–Kier alpha value is -1.91. The lowest BCUT2D eigenvalue weighted by molar-refractivity contribution is 0.616. The van der Waals surface area contributed by atoms with Gasteiger partial charge in [-0.3, -0.25) is 9.59 Å². The van der Waals surface area contributed by atoms with E-state index in [2.05, 4.69) is 15.9 Å². The molecular formula is C16H8BrClO3. The number of fused-ring (bicyclic) bond motifs is 1. The molecule has 3 nitrogen and oxygen atoms in total. The highest BCUT2D eigenvalue weighted by molar-refractivity contribution is 9.10. The van der Waals surface area contributed by atoms with E-state index < -0.39 is 0 Å². The van der Waals surface area contributed by atoms with Crippen molar-refractivity contribution >= 4 is 38.5 Å². The molecule has 0 atom stereocenters. The Morgan fingerprint density at radius 3 is 2.33 bits per heavy atom. The smallest absolute Gasteiger partial charge is 0.221 e. The van der Waals surface area contributed by atoms with Gasteiger partial charge in [0.25, 0.3) is 0 Å². The first-order valence-corrected chi connectivity index (χ1v) is 7.25. The Morgan fingerprint density at radius 1 is 0.905 bits per heavy atom. The van der Waals surface area contributed by atoms with Gasteiger partial charge in [-0.2, -0.15) is 0 Å². The lowest BCUT2D eigenvalue weighted by atomic mass is 10.1. The predicted molar refractivity (Wildman–Crippen MR) is 86.9 cm³/mol. The van der Waals surface area contributed by atoms with Crippen LogP contribution in [0.4, 0.5) is 0 Å². The standard InChI is InChI=1S/C16H8BrClO3/c17-10-3-6-13(19)16-12(7-10)14(20)8-15(21-16)9-1-4-11(18)5-2-9/h1-8H. The van der Waals surface area contributed by atoms with E-state index in [0.717, 1.165) is 0 Å². The lowest BCUT2D eigenvalue weighted by Gasteiger charge is -2.01. The highest BCUT2D eigenvalue weighted by Gasteiger charge is 2.09. The maximum absolute atomic E-state index is 12.2. The van der Waals surface area contributed by atoms with Crippen LogP contribution in [0.5, 0.6) is 0 Å². The van der Waals surface area contributed by atoms with Crippen LogP contribution in [-0.2, 0) is 0 Å². The molecule has 21 heavy (non-hydrogen) atoms. The van der Waals surface area contributed by atoms with Crippen molar-refractivity contribution in [3.8, 4) is 11.3 Å².